The van der Waals surface area contributed by atoms with Gasteiger partial charge in [0.25, 0.3) is 0 Å². The predicted molar refractivity (Wildman–Crippen MR) is 95.9 cm³/mol. The van der Waals surface area contributed by atoms with E-state index in [1.165, 1.54) is 0 Å². The molecule has 0 bridgehead atoms. The van der Waals surface area contributed by atoms with Crippen LogP contribution in [0.2, 0.25) is 0 Å². The smallest absolute Gasteiger partial charge is 0.317 e. The number of hydrogen-bond acceptors (Lipinski definition) is 2. The zero-order valence-corrected chi connectivity index (χ0v) is 14.3. The summed E-state index contributed by atoms with van der Waals surface area (Å²) in [6, 6.07) is 13.6. The third kappa shape index (κ3) is 4.86. The van der Waals surface area contributed by atoms with Crippen molar-refractivity contribution in [2.75, 3.05) is 26.2 Å². The summed E-state index contributed by atoms with van der Waals surface area (Å²) in [5.74, 6) is 0.106. The van der Waals surface area contributed by atoms with Crippen LogP contribution in [-0.2, 0) is 17.8 Å². The molecule has 0 spiro atoms. The van der Waals surface area contributed by atoms with Crippen molar-refractivity contribution in [2.24, 2.45) is 0 Å². The lowest BCUT2D eigenvalue weighted by atomic mass is 10.2. The van der Waals surface area contributed by atoms with Gasteiger partial charge in [0.15, 0.2) is 0 Å². The molecule has 2 aromatic rings. The Bertz CT molecular complexity index is 685. The van der Waals surface area contributed by atoms with E-state index in [1.807, 2.05) is 53.6 Å². The number of carbonyl (C=O) groups excluding carboxylic acids is 2. The molecule has 1 aromatic carbocycles. The number of benzene rings is 1. The standard InChI is InChI=1S/C19H24N4O2/c24-18(14-17-8-4-9-20-17)22-10-5-11-23(13-12-22)19(25)21-15-16-6-2-1-3-7-16/h1-4,6-9,20H,5,10-15H2,(H,21,25). The van der Waals surface area contributed by atoms with Gasteiger partial charge in [0, 0.05) is 44.6 Å². The summed E-state index contributed by atoms with van der Waals surface area (Å²) in [5.41, 5.74) is 2.00. The van der Waals surface area contributed by atoms with E-state index in [0.717, 1.165) is 17.7 Å². The van der Waals surface area contributed by atoms with E-state index in [0.29, 0.717) is 39.1 Å². The summed E-state index contributed by atoms with van der Waals surface area (Å²) in [5, 5.41) is 2.96. The fraction of sp³-hybridized carbons (Fsp3) is 0.368. The van der Waals surface area contributed by atoms with Crippen LogP contribution in [0, 0.1) is 0 Å². The van der Waals surface area contributed by atoms with Crippen LogP contribution in [0.1, 0.15) is 17.7 Å². The molecule has 1 aliphatic heterocycles. The number of H-pyrrole nitrogens is 1. The lowest BCUT2D eigenvalue weighted by molar-refractivity contribution is -0.130. The van der Waals surface area contributed by atoms with Crippen molar-refractivity contribution in [3.63, 3.8) is 0 Å². The number of carbonyl (C=O) groups is 2. The molecule has 6 nitrogen and oxygen atoms in total. The molecule has 6 heteroatoms. The van der Waals surface area contributed by atoms with Crippen LogP contribution in [0.4, 0.5) is 4.79 Å². The van der Waals surface area contributed by atoms with Crippen LogP contribution in [-0.4, -0.2) is 52.9 Å². The molecule has 1 saturated heterocycles. The van der Waals surface area contributed by atoms with E-state index in [9.17, 15) is 9.59 Å². The molecule has 132 valence electrons. The Kier molecular flexibility index (Phi) is 5.72. The molecule has 1 fully saturated rings. The SMILES string of the molecule is O=C(Cc1ccc[nH]1)N1CCCN(C(=O)NCc2ccccc2)CC1. The monoisotopic (exact) mass is 340 g/mol. The molecule has 3 amide bonds. The van der Waals surface area contributed by atoms with E-state index in [1.54, 1.807) is 4.90 Å². The molecule has 0 aliphatic carbocycles. The molecule has 0 atom stereocenters. The van der Waals surface area contributed by atoms with Crippen molar-refractivity contribution in [3.05, 3.63) is 59.9 Å². The van der Waals surface area contributed by atoms with E-state index in [2.05, 4.69) is 10.3 Å². The average Bonchev–Trinajstić information content (AvgIpc) is 3.01. The van der Waals surface area contributed by atoms with E-state index < -0.39 is 0 Å². The first kappa shape index (κ1) is 17.1. The van der Waals surface area contributed by atoms with Gasteiger partial charge in [-0.15, -0.1) is 0 Å². The normalized spacial score (nSPS) is 14.9. The van der Waals surface area contributed by atoms with Crippen molar-refractivity contribution in [1.82, 2.24) is 20.1 Å². The number of nitrogens with one attached hydrogen (secondary N) is 2. The number of nitrogens with zero attached hydrogens (tertiary/aromatic N) is 2. The summed E-state index contributed by atoms with van der Waals surface area (Å²) < 4.78 is 0. The molecule has 0 radical (unpaired) electrons. The molecular weight excluding hydrogens is 316 g/mol. The molecule has 0 unspecified atom stereocenters. The summed E-state index contributed by atoms with van der Waals surface area (Å²) in [6.07, 6.45) is 3.01. The highest BCUT2D eigenvalue weighted by Gasteiger charge is 2.22. The first-order chi connectivity index (χ1) is 12.2. The van der Waals surface area contributed by atoms with Gasteiger partial charge in [0.05, 0.1) is 6.42 Å². The molecule has 25 heavy (non-hydrogen) atoms. The highest BCUT2D eigenvalue weighted by molar-refractivity contribution is 5.79. The zero-order chi connectivity index (χ0) is 17.5. The highest BCUT2D eigenvalue weighted by atomic mass is 16.2. The highest BCUT2D eigenvalue weighted by Crippen LogP contribution is 2.07. The molecule has 3 rings (SSSR count). The number of aromatic amines is 1. The maximum Gasteiger partial charge on any atom is 0.317 e. The fourth-order valence-electron chi connectivity index (χ4n) is 3.01. The Morgan fingerprint density at radius 3 is 2.48 bits per heavy atom. The second kappa shape index (κ2) is 8.37. The summed E-state index contributed by atoms with van der Waals surface area (Å²) in [4.78, 5) is 31.5. The van der Waals surface area contributed by atoms with Gasteiger partial charge >= 0.3 is 6.03 Å². The predicted octanol–water partition coefficient (Wildman–Crippen LogP) is 2.00. The van der Waals surface area contributed by atoms with Gasteiger partial charge in [0.1, 0.15) is 0 Å². The number of urea groups is 1. The quantitative estimate of drug-likeness (QED) is 0.894. The zero-order valence-electron chi connectivity index (χ0n) is 14.3. The van der Waals surface area contributed by atoms with Gasteiger partial charge < -0.3 is 20.1 Å². The number of amides is 3. The van der Waals surface area contributed by atoms with E-state index in [-0.39, 0.29) is 11.9 Å². The molecule has 0 saturated carbocycles. The molecule has 2 heterocycles. The lowest BCUT2D eigenvalue weighted by Crippen LogP contribution is -2.42. The maximum atomic E-state index is 12.4. The van der Waals surface area contributed by atoms with Gasteiger partial charge in [-0.05, 0) is 24.1 Å². The third-order valence-electron chi connectivity index (χ3n) is 4.43. The second-order valence-electron chi connectivity index (χ2n) is 6.24. The largest absolute Gasteiger partial charge is 0.365 e. The topological polar surface area (TPSA) is 68.4 Å². The van der Waals surface area contributed by atoms with Gasteiger partial charge in [0.2, 0.25) is 5.91 Å². The molecule has 1 aromatic heterocycles. The minimum absolute atomic E-state index is 0.0671. The Labute approximate surface area is 147 Å². The average molecular weight is 340 g/mol. The molecule has 2 N–H and O–H groups in total. The fourth-order valence-corrected chi connectivity index (χ4v) is 3.01. The first-order valence-corrected chi connectivity index (χ1v) is 8.69. The van der Waals surface area contributed by atoms with Crippen molar-refractivity contribution < 1.29 is 9.59 Å². The van der Waals surface area contributed by atoms with Crippen LogP contribution >= 0.6 is 0 Å². The van der Waals surface area contributed by atoms with E-state index in [4.69, 9.17) is 0 Å². The van der Waals surface area contributed by atoms with Crippen LogP contribution < -0.4 is 5.32 Å². The van der Waals surface area contributed by atoms with Gasteiger partial charge in [-0.1, -0.05) is 30.3 Å². The Morgan fingerprint density at radius 1 is 0.960 bits per heavy atom. The number of hydrogen-bond donors (Lipinski definition) is 2. The van der Waals surface area contributed by atoms with Crippen molar-refractivity contribution >= 4 is 11.9 Å². The molecular formula is C19H24N4O2. The van der Waals surface area contributed by atoms with Crippen molar-refractivity contribution in [2.45, 2.75) is 19.4 Å². The summed E-state index contributed by atoms with van der Waals surface area (Å²) >= 11 is 0. The first-order valence-electron chi connectivity index (χ1n) is 8.69. The van der Waals surface area contributed by atoms with Crippen molar-refractivity contribution in [3.8, 4) is 0 Å². The third-order valence-corrected chi connectivity index (χ3v) is 4.43. The Balaban J connectivity index is 1.47. The maximum absolute atomic E-state index is 12.4. The Morgan fingerprint density at radius 2 is 1.72 bits per heavy atom. The molecule has 1 aliphatic rings. The van der Waals surface area contributed by atoms with Crippen LogP contribution in [0.15, 0.2) is 48.7 Å². The second-order valence-corrected chi connectivity index (χ2v) is 6.24. The number of rotatable bonds is 4. The lowest BCUT2D eigenvalue weighted by Gasteiger charge is -2.22. The van der Waals surface area contributed by atoms with E-state index >= 15 is 0 Å². The van der Waals surface area contributed by atoms with Crippen molar-refractivity contribution in [1.29, 1.82) is 0 Å². The Hall–Kier alpha value is -2.76. The number of aromatic nitrogens is 1. The van der Waals surface area contributed by atoms with Gasteiger partial charge in [-0.3, -0.25) is 4.79 Å². The minimum atomic E-state index is -0.0671. The van der Waals surface area contributed by atoms with Gasteiger partial charge in [-0.2, -0.15) is 0 Å². The summed E-state index contributed by atoms with van der Waals surface area (Å²) in [7, 11) is 0. The van der Waals surface area contributed by atoms with Crippen LogP contribution in [0.5, 0.6) is 0 Å². The minimum Gasteiger partial charge on any atom is -0.365 e. The van der Waals surface area contributed by atoms with Crippen LogP contribution in [0.3, 0.4) is 0 Å². The summed E-state index contributed by atoms with van der Waals surface area (Å²) in [6.45, 7) is 3.04. The van der Waals surface area contributed by atoms with Gasteiger partial charge in [-0.25, -0.2) is 4.79 Å². The van der Waals surface area contributed by atoms with Crippen LogP contribution in [0.25, 0.3) is 0 Å².